The van der Waals surface area contributed by atoms with Crippen molar-refractivity contribution in [1.82, 2.24) is 29.7 Å². The number of hydrogen-bond donors (Lipinski definition) is 3. The second-order valence-electron chi connectivity index (χ2n) is 9.24. The Labute approximate surface area is 214 Å². The third-order valence-corrected chi connectivity index (χ3v) is 6.70. The molecule has 5 rings (SSSR count). The van der Waals surface area contributed by atoms with Crippen LogP contribution in [0.1, 0.15) is 30.4 Å². The van der Waals surface area contributed by atoms with E-state index in [1.54, 1.807) is 6.33 Å². The van der Waals surface area contributed by atoms with Crippen molar-refractivity contribution in [3.63, 3.8) is 0 Å². The minimum Gasteiger partial charge on any atom is -0.382 e. The minimum atomic E-state index is 0.133. The highest BCUT2D eigenvalue weighted by Crippen LogP contribution is 2.39. The van der Waals surface area contributed by atoms with Crippen LogP contribution in [0, 0.1) is 0 Å². The summed E-state index contributed by atoms with van der Waals surface area (Å²) < 4.78 is 1.95. The third-order valence-electron chi connectivity index (χ3n) is 6.07. The van der Waals surface area contributed by atoms with Crippen LogP contribution in [0.15, 0.2) is 18.7 Å². The molecule has 12 heteroatoms. The lowest BCUT2D eigenvalue weighted by atomic mass is 10.0. The van der Waals surface area contributed by atoms with Gasteiger partial charge >= 0.3 is 0 Å². The number of carbonyl (C=O) groups is 1. The lowest BCUT2D eigenvalue weighted by molar-refractivity contribution is -0.109. The molecule has 2 fully saturated rings. The molecule has 10 nitrogen and oxygen atoms in total. The van der Waals surface area contributed by atoms with Gasteiger partial charge in [0.2, 0.25) is 6.41 Å². The fourth-order valence-electron chi connectivity index (χ4n) is 4.22. The number of hydrogen-bond acceptors (Lipinski definition) is 8. The standard InChI is InChI=1S/C19H24Cl2N8.C4H7NO/c1-27(2)7-12-13(8-29-10-26-16-18(23)24-9-25-19(16)29)17(15(21)5-14(12)20)28-4-3-11(22)6-28;6-3-5-4-1-2-4/h5,9-11H,3-4,6-8,22H2,1-2H3,(H2,23,24,25);3-4H,1-2H2,(H,5,6). The van der Waals surface area contributed by atoms with Crippen molar-refractivity contribution in [3.8, 4) is 0 Å². The molecule has 1 unspecified atom stereocenters. The number of halogens is 2. The van der Waals surface area contributed by atoms with Crippen molar-refractivity contribution in [2.75, 3.05) is 37.8 Å². The van der Waals surface area contributed by atoms with E-state index in [-0.39, 0.29) is 6.04 Å². The summed E-state index contributed by atoms with van der Waals surface area (Å²) >= 11 is 13.3. The predicted molar refractivity (Wildman–Crippen MR) is 140 cm³/mol. The van der Waals surface area contributed by atoms with E-state index >= 15 is 0 Å². The first-order valence-electron chi connectivity index (χ1n) is 11.5. The van der Waals surface area contributed by atoms with E-state index in [4.69, 9.17) is 34.7 Å². The van der Waals surface area contributed by atoms with Crippen LogP contribution in [-0.2, 0) is 17.9 Å². The molecule has 0 spiro atoms. The fraction of sp³-hybridized carbons (Fsp3) is 0.478. The zero-order valence-electron chi connectivity index (χ0n) is 19.9. The molecule has 188 valence electrons. The second kappa shape index (κ2) is 10.9. The summed E-state index contributed by atoms with van der Waals surface area (Å²) in [7, 11) is 4.03. The molecule has 1 aromatic carbocycles. The van der Waals surface area contributed by atoms with Gasteiger partial charge in [0.1, 0.15) is 11.8 Å². The number of benzene rings is 1. The van der Waals surface area contributed by atoms with E-state index in [1.165, 1.54) is 19.2 Å². The molecule has 2 aromatic heterocycles. The summed E-state index contributed by atoms with van der Waals surface area (Å²) in [5.41, 5.74) is 16.4. The van der Waals surface area contributed by atoms with Crippen LogP contribution in [0.3, 0.4) is 0 Å². The van der Waals surface area contributed by atoms with Crippen molar-refractivity contribution in [2.45, 2.75) is 44.4 Å². The second-order valence-corrected chi connectivity index (χ2v) is 10.1. The van der Waals surface area contributed by atoms with E-state index in [2.05, 4.69) is 30.1 Å². The Kier molecular flexibility index (Phi) is 7.95. The predicted octanol–water partition coefficient (Wildman–Crippen LogP) is 2.26. The van der Waals surface area contributed by atoms with Gasteiger partial charge in [0.15, 0.2) is 11.5 Å². The van der Waals surface area contributed by atoms with Gasteiger partial charge in [-0.05, 0) is 45.0 Å². The Bertz CT molecular complexity index is 1200. The zero-order valence-corrected chi connectivity index (χ0v) is 21.4. The Morgan fingerprint density at radius 1 is 1.17 bits per heavy atom. The van der Waals surface area contributed by atoms with Gasteiger partial charge in [-0.3, -0.25) is 4.79 Å². The van der Waals surface area contributed by atoms with Gasteiger partial charge in [0.25, 0.3) is 0 Å². The van der Waals surface area contributed by atoms with Crippen molar-refractivity contribution in [1.29, 1.82) is 0 Å². The topological polar surface area (TPSA) is 131 Å². The number of nitrogen functional groups attached to an aromatic ring is 1. The number of nitrogens with one attached hydrogen (secondary N) is 1. The molecule has 1 amide bonds. The van der Waals surface area contributed by atoms with Crippen LogP contribution in [0.4, 0.5) is 11.5 Å². The first kappa shape index (κ1) is 25.4. The quantitative estimate of drug-likeness (QED) is 0.405. The van der Waals surface area contributed by atoms with Gasteiger partial charge in [0, 0.05) is 42.3 Å². The first-order valence-corrected chi connectivity index (χ1v) is 12.3. The molecule has 1 atom stereocenters. The first-order chi connectivity index (χ1) is 16.8. The van der Waals surface area contributed by atoms with Gasteiger partial charge < -0.3 is 31.2 Å². The van der Waals surface area contributed by atoms with Crippen LogP contribution < -0.4 is 21.7 Å². The molecule has 3 heterocycles. The normalized spacial score (nSPS) is 17.5. The van der Waals surface area contributed by atoms with Gasteiger partial charge in [0.05, 0.1) is 23.6 Å². The number of amides is 1. The van der Waals surface area contributed by atoms with Crippen LogP contribution in [0.5, 0.6) is 0 Å². The van der Waals surface area contributed by atoms with Crippen molar-refractivity contribution in [3.05, 3.63) is 39.9 Å². The largest absolute Gasteiger partial charge is 0.382 e. The lowest BCUT2D eigenvalue weighted by Crippen LogP contribution is -2.28. The lowest BCUT2D eigenvalue weighted by Gasteiger charge is -2.27. The van der Waals surface area contributed by atoms with Gasteiger partial charge in [-0.25, -0.2) is 15.0 Å². The highest BCUT2D eigenvalue weighted by molar-refractivity contribution is 6.37. The molecule has 2 aliphatic rings. The van der Waals surface area contributed by atoms with Crippen LogP contribution in [0.25, 0.3) is 11.2 Å². The minimum absolute atomic E-state index is 0.133. The van der Waals surface area contributed by atoms with Crippen LogP contribution in [0.2, 0.25) is 10.0 Å². The van der Waals surface area contributed by atoms with Gasteiger partial charge in [-0.2, -0.15) is 0 Å². The molecule has 1 saturated carbocycles. The number of imidazole rings is 1. The molecule has 0 bridgehead atoms. The van der Waals surface area contributed by atoms with Gasteiger partial charge in [-0.15, -0.1) is 0 Å². The number of anilines is 2. The number of rotatable bonds is 7. The van der Waals surface area contributed by atoms with E-state index in [9.17, 15) is 4.79 Å². The Balaban J connectivity index is 0.000000421. The molecule has 3 aromatic rings. The summed E-state index contributed by atoms with van der Waals surface area (Å²) in [6.45, 7) is 2.81. The van der Waals surface area contributed by atoms with E-state index in [1.807, 2.05) is 24.7 Å². The monoisotopic (exact) mass is 519 g/mol. The maximum absolute atomic E-state index is 9.54. The smallest absolute Gasteiger partial charge is 0.207 e. The van der Waals surface area contributed by atoms with Gasteiger partial charge in [-0.1, -0.05) is 23.2 Å². The van der Waals surface area contributed by atoms with Crippen molar-refractivity contribution in [2.24, 2.45) is 5.73 Å². The summed E-state index contributed by atoms with van der Waals surface area (Å²) in [4.78, 5) is 26.7. The maximum Gasteiger partial charge on any atom is 0.207 e. The Morgan fingerprint density at radius 3 is 2.54 bits per heavy atom. The van der Waals surface area contributed by atoms with Crippen LogP contribution in [-0.4, -0.2) is 70.1 Å². The molecule has 35 heavy (non-hydrogen) atoms. The van der Waals surface area contributed by atoms with Crippen molar-refractivity contribution < 1.29 is 4.79 Å². The number of nitrogens with zero attached hydrogens (tertiary/aromatic N) is 6. The highest BCUT2D eigenvalue weighted by Gasteiger charge is 2.27. The summed E-state index contributed by atoms with van der Waals surface area (Å²) in [6, 6.07) is 2.49. The third kappa shape index (κ3) is 5.95. The molecule has 1 saturated heterocycles. The molecular formula is C23H31Cl2N9O. The Hall–Kier alpha value is -2.66. The molecule has 1 aliphatic carbocycles. The van der Waals surface area contributed by atoms with E-state index < -0.39 is 0 Å². The van der Waals surface area contributed by atoms with E-state index in [0.717, 1.165) is 42.7 Å². The summed E-state index contributed by atoms with van der Waals surface area (Å²) in [5.74, 6) is 0.358. The average molecular weight is 520 g/mol. The molecule has 1 aliphatic heterocycles. The zero-order chi connectivity index (χ0) is 25.1. The average Bonchev–Trinajstić information content (AvgIpc) is 3.37. The summed E-state index contributed by atoms with van der Waals surface area (Å²) in [6.07, 6.45) is 7.22. The summed E-state index contributed by atoms with van der Waals surface area (Å²) in [5, 5.41) is 3.91. The SMILES string of the molecule is CN(C)Cc1c(Cl)cc(Cl)c(N2CCC(N)C2)c1Cn1cnc2c(N)ncnc21.O=CNC1CC1. The Morgan fingerprint density at radius 2 is 1.94 bits per heavy atom. The van der Waals surface area contributed by atoms with Crippen LogP contribution >= 0.6 is 23.2 Å². The number of fused-ring (bicyclic) bond motifs is 1. The maximum atomic E-state index is 9.54. The number of carbonyl (C=O) groups excluding carboxylic acids is 1. The number of aromatic nitrogens is 4. The highest BCUT2D eigenvalue weighted by atomic mass is 35.5. The van der Waals surface area contributed by atoms with E-state index in [0.29, 0.717) is 46.2 Å². The molecular weight excluding hydrogens is 489 g/mol. The fourth-order valence-corrected chi connectivity index (χ4v) is 4.90. The molecule has 0 radical (unpaired) electrons. The number of nitrogens with two attached hydrogens (primary N) is 2. The van der Waals surface area contributed by atoms with Crippen molar-refractivity contribution >= 4 is 52.3 Å². The molecule has 5 N–H and O–H groups in total.